The molecule has 1 aliphatic heterocycles. The molecule has 0 spiro atoms. The Morgan fingerprint density at radius 2 is 2.32 bits per heavy atom. The minimum absolute atomic E-state index is 0.155. The molecule has 1 aromatic heterocycles. The van der Waals surface area contributed by atoms with Gasteiger partial charge in [-0.3, -0.25) is 5.10 Å². The number of anilines is 1. The summed E-state index contributed by atoms with van der Waals surface area (Å²) in [6, 6.07) is 3.72. The fourth-order valence-electron chi connectivity index (χ4n) is 2.34. The Hall–Kier alpha value is -1.69. The fourth-order valence-corrected chi connectivity index (χ4v) is 3.01. The number of nitrogens with two attached hydrogens (primary N) is 1. The number of ether oxygens (including phenoxy) is 2. The molecule has 0 bridgehead atoms. The second kappa shape index (κ2) is 4.45. The maximum absolute atomic E-state index is 5.80. The van der Waals surface area contributed by atoms with Gasteiger partial charge < -0.3 is 15.2 Å². The summed E-state index contributed by atoms with van der Waals surface area (Å²) in [5, 5.41) is 6.87. The van der Waals surface area contributed by atoms with Crippen LogP contribution in [0.2, 0.25) is 0 Å². The molecule has 5 nitrogen and oxygen atoms in total. The molecule has 0 radical (unpaired) electrons. The van der Waals surface area contributed by atoms with Gasteiger partial charge in [-0.25, -0.2) is 0 Å². The maximum atomic E-state index is 5.80. The number of benzene rings is 1. The van der Waals surface area contributed by atoms with E-state index >= 15 is 0 Å². The van der Waals surface area contributed by atoms with Crippen LogP contribution in [0.25, 0.3) is 11.3 Å². The first-order valence-electron chi connectivity index (χ1n) is 5.97. The second-order valence-corrected chi connectivity index (χ2v) is 5.38. The van der Waals surface area contributed by atoms with Crippen molar-refractivity contribution in [2.24, 2.45) is 0 Å². The predicted molar refractivity (Wildman–Crippen MR) is 76.5 cm³/mol. The molecule has 2 heterocycles. The third kappa shape index (κ3) is 1.96. The highest BCUT2D eigenvalue weighted by Crippen LogP contribution is 2.46. The van der Waals surface area contributed by atoms with Gasteiger partial charge in [0.15, 0.2) is 11.5 Å². The van der Waals surface area contributed by atoms with E-state index in [1.54, 1.807) is 13.2 Å². The molecular formula is C13H14BrN3O2. The van der Waals surface area contributed by atoms with E-state index in [1.807, 2.05) is 13.0 Å². The number of hydrogen-bond acceptors (Lipinski definition) is 4. The summed E-state index contributed by atoms with van der Waals surface area (Å²) in [5.74, 6) is 2.01. The van der Waals surface area contributed by atoms with Gasteiger partial charge in [0.1, 0.15) is 11.9 Å². The average molecular weight is 324 g/mol. The van der Waals surface area contributed by atoms with Crippen molar-refractivity contribution >= 4 is 21.7 Å². The second-order valence-electron chi connectivity index (χ2n) is 4.59. The third-order valence-electron chi connectivity index (χ3n) is 3.19. The zero-order chi connectivity index (χ0) is 13.6. The van der Waals surface area contributed by atoms with E-state index in [2.05, 4.69) is 26.1 Å². The number of rotatable bonds is 2. The summed E-state index contributed by atoms with van der Waals surface area (Å²) in [7, 11) is 1.64. The lowest BCUT2D eigenvalue weighted by Crippen LogP contribution is -2.05. The molecule has 3 N–H and O–H groups in total. The van der Waals surface area contributed by atoms with Crippen LogP contribution in [0, 0.1) is 0 Å². The van der Waals surface area contributed by atoms with Gasteiger partial charge in [-0.15, -0.1) is 0 Å². The van der Waals surface area contributed by atoms with E-state index in [0.717, 1.165) is 39.2 Å². The first-order chi connectivity index (χ1) is 9.10. The standard InChI is InChI=1S/C13H14BrN3O2/c1-6-3-8-12(14)7(9-5-11(15)17-16-9)4-10(18-2)13(8)19-6/h4-6H,3H2,1-2H3,(H3,15,16,17). The summed E-state index contributed by atoms with van der Waals surface area (Å²) in [6.07, 6.45) is 1.01. The van der Waals surface area contributed by atoms with Crippen molar-refractivity contribution in [3.05, 3.63) is 22.2 Å². The zero-order valence-electron chi connectivity index (χ0n) is 10.7. The normalized spacial score (nSPS) is 17.1. The van der Waals surface area contributed by atoms with Gasteiger partial charge in [0.2, 0.25) is 0 Å². The van der Waals surface area contributed by atoms with Gasteiger partial charge in [0.25, 0.3) is 0 Å². The summed E-state index contributed by atoms with van der Waals surface area (Å²) >= 11 is 3.64. The first kappa shape index (κ1) is 12.3. The van der Waals surface area contributed by atoms with Crippen LogP contribution < -0.4 is 15.2 Å². The lowest BCUT2D eigenvalue weighted by Gasteiger charge is -2.12. The number of nitrogens with zero attached hydrogens (tertiary/aromatic N) is 1. The van der Waals surface area contributed by atoms with Gasteiger partial charge in [0, 0.05) is 28.1 Å². The number of fused-ring (bicyclic) bond motifs is 1. The molecule has 0 aliphatic carbocycles. The molecule has 0 fully saturated rings. The van der Waals surface area contributed by atoms with Crippen molar-refractivity contribution in [2.75, 3.05) is 12.8 Å². The zero-order valence-corrected chi connectivity index (χ0v) is 12.2. The van der Waals surface area contributed by atoms with Crippen LogP contribution in [0.15, 0.2) is 16.6 Å². The van der Waals surface area contributed by atoms with Crippen molar-refractivity contribution in [3.63, 3.8) is 0 Å². The molecule has 0 amide bonds. The molecule has 1 unspecified atom stereocenters. The van der Waals surface area contributed by atoms with Gasteiger partial charge in [-0.05, 0) is 28.9 Å². The highest BCUT2D eigenvalue weighted by Gasteiger charge is 2.28. The third-order valence-corrected chi connectivity index (χ3v) is 4.10. The number of nitrogens with one attached hydrogen (secondary N) is 1. The maximum Gasteiger partial charge on any atom is 0.166 e. The van der Waals surface area contributed by atoms with Crippen molar-refractivity contribution in [1.82, 2.24) is 10.2 Å². The number of H-pyrrole nitrogens is 1. The van der Waals surface area contributed by atoms with Crippen molar-refractivity contribution in [3.8, 4) is 22.8 Å². The minimum atomic E-state index is 0.155. The quantitative estimate of drug-likeness (QED) is 0.891. The van der Waals surface area contributed by atoms with Crippen molar-refractivity contribution in [2.45, 2.75) is 19.4 Å². The number of halogens is 1. The van der Waals surface area contributed by atoms with Gasteiger partial charge >= 0.3 is 0 Å². The van der Waals surface area contributed by atoms with Crippen LogP contribution in [0.5, 0.6) is 11.5 Å². The molecule has 2 aromatic rings. The summed E-state index contributed by atoms with van der Waals surface area (Å²) in [5.41, 5.74) is 8.60. The van der Waals surface area contributed by atoms with Crippen LogP contribution >= 0.6 is 15.9 Å². The molecule has 1 aromatic carbocycles. The highest BCUT2D eigenvalue weighted by molar-refractivity contribution is 9.10. The Balaban J connectivity index is 2.20. The largest absolute Gasteiger partial charge is 0.493 e. The smallest absolute Gasteiger partial charge is 0.166 e. The van der Waals surface area contributed by atoms with Gasteiger partial charge in [-0.1, -0.05) is 0 Å². The molecule has 0 saturated heterocycles. The minimum Gasteiger partial charge on any atom is -0.493 e. The van der Waals surface area contributed by atoms with Crippen LogP contribution in [-0.2, 0) is 6.42 Å². The fraction of sp³-hybridized carbons (Fsp3) is 0.308. The van der Waals surface area contributed by atoms with E-state index in [1.165, 1.54) is 0 Å². The van der Waals surface area contributed by atoms with Crippen LogP contribution in [0.3, 0.4) is 0 Å². The Morgan fingerprint density at radius 1 is 1.53 bits per heavy atom. The molecule has 0 saturated carbocycles. The number of aromatic amines is 1. The predicted octanol–water partition coefficient (Wildman–Crippen LogP) is 2.75. The molecule has 1 atom stereocenters. The van der Waals surface area contributed by atoms with Crippen LogP contribution in [0.4, 0.5) is 5.82 Å². The first-order valence-corrected chi connectivity index (χ1v) is 6.76. The van der Waals surface area contributed by atoms with E-state index in [4.69, 9.17) is 15.2 Å². The van der Waals surface area contributed by atoms with Gasteiger partial charge in [0.05, 0.1) is 12.8 Å². The molecule has 3 rings (SSSR count). The Labute approximate surface area is 119 Å². The molecule has 100 valence electrons. The average Bonchev–Trinajstić information content (AvgIpc) is 2.96. The monoisotopic (exact) mass is 323 g/mol. The Morgan fingerprint density at radius 3 is 2.95 bits per heavy atom. The van der Waals surface area contributed by atoms with E-state index in [0.29, 0.717) is 5.82 Å². The van der Waals surface area contributed by atoms with Gasteiger partial charge in [-0.2, -0.15) is 5.10 Å². The van der Waals surface area contributed by atoms with Crippen molar-refractivity contribution < 1.29 is 9.47 Å². The number of hydrogen-bond donors (Lipinski definition) is 2. The summed E-state index contributed by atoms with van der Waals surface area (Å²) in [6.45, 7) is 2.04. The lowest BCUT2D eigenvalue weighted by molar-refractivity contribution is 0.243. The van der Waals surface area contributed by atoms with Crippen molar-refractivity contribution in [1.29, 1.82) is 0 Å². The Bertz CT molecular complexity index is 639. The topological polar surface area (TPSA) is 73.2 Å². The molecule has 1 aliphatic rings. The number of methoxy groups -OCH3 is 1. The van der Waals surface area contributed by atoms with Crippen LogP contribution in [0.1, 0.15) is 12.5 Å². The SMILES string of the molecule is COc1cc(-c2cc(N)n[nH]2)c(Br)c2c1OC(C)C2. The number of aromatic nitrogens is 2. The molecular weight excluding hydrogens is 310 g/mol. The Kier molecular flexibility index (Phi) is 2.89. The van der Waals surface area contributed by atoms with E-state index in [-0.39, 0.29) is 6.10 Å². The molecule has 6 heteroatoms. The highest BCUT2D eigenvalue weighted by atomic mass is 79.9. The number of nitrogen functional groups attached to an aromatic ring is 1. The lowest BCUT2D eigenvalue weighted by atomic mass is 10.0. The van der Waals surface area contributed by atoms with E-state index < -0.39 is 0 Å². The van der Waals surface area contributed by atoms with E-state index in [9.17, 15) is 0 Å². The van der Waals surface area contributed by atoms with Crippen LogP contribution in [-0.4, -0.2) is 23.4 Å². The summed E-state index contributed by atoms with van der Waals surface area (Å²) in [4.78, 5) is 0. The molecule has 19 heavy (non-hydrogen) atoms. The summed E-state index contributed by atoms with van der Waals surface area (Å²) < 4.78 is 12.2.